The van der Waals surface area contributed by atoms with Crippen LogP contribution in [-0.4, -0.2) is 66.1 Å². The van der Waals surface area contributed by atoms with Crippen molar-refractivity contribution >= 4 is 29.8 Å². The van der Waals surface area contributed by atoms with Gasteiger partial charge in [0, 0.05) is 12.6 Å². The first-order valence-electron chi connectivity index (χ1n) is 21.6. The van der Waals surface area contributed by atoms with Gasteiger partial charge < -0.3 is 30.6 Å². The average molecular weight is 842 g/mol. The Hall–Kier alpha value is -5.27. The summed E-state index contributed by atoms with van der Waals surface area (Å²) < 4.78 is 17.4. The summed E-state index contributed by atoms with van der Waals surface area (Å²) in [6.45, 7) is 12.7. The summed E-state index contributed by atoms with van der Waals surface area (Å²) in [5, 5.41) is 7.23. The fourth-order valence-electron chi connectivity index (χ4n) is 7.39. The van der Waals surface area contributed by atoms with E-state index in [1.54, 1.807) is 51.8 Å². The maximum absolute atomic E-state index is 15.1. The van der Waals surface area contributed by atoms with Crippen molar-refractivity contribution in [3.8, 4) is 0 Å². The molecule has 0 spiro atoms. The molecule has 0 bridgehead atoms. The van der Waals surface area contributed by atoms with E-state index >= 15 is 4.79 Å². The Labute approximate surface area is 361 Å². The molecule has 61 heavy (non-hydrogen) atoms. The SMILES string of the molecule is CC(C)[C@H](NC(=O)OCc1ccccc1)C(=O)NN(CC1CCCCC1)C[C@@H](OC(=O)C(C)(C)C)[C@@H](C(=O)[C@@H](NC(=O)OCc1ccccc1)C(C)C)C(N)c1ccccc1. The molecule has 1 aliphatic rings. The lowest BCUT2D eigenvalue weighted by Gasteiger charge is -2.39. The van der Waals surface area contributed by atoms with E-state index in [9.17, 15) is 19.2 Å². The maximum atomic E-state index is 15.1. The lowest BCUT2D eigenvalue weighted by molar-refractivity contribution is -0.166. The van der Waals surface area contributed by atoms with Crippen molar-refractivity contribution in [3.63, 3.8) is 0 Å². The molecule has 1 unspecified atom stereocenters. The molecule has 5 atom stereocenters. The Balaban J connectivity index is 1.70. The summed E-state index contributed by atoms with van der Waals surface area (Å²) in [6, 6.07) is 24.4. The second-order valence-electron chi connectivity index (χ2n) is 17.8. The molecular formula is C48H67N5O8. The highest BCUT2D eigenvalue weighted by Crippen LogP contribution is 2.31. The van der Waals surface area contributed by atoms with E-state index in [4.69, 9.17) is 19.9 Å². The van der Waals surface area contributed by atoms with Gasteiger partial charge in [0.05, 0.1) is 23.9 Å². The van der Waals surface area contributed by atoms with E-state index in [0.717, 1.165) is 43.2 Å². The minimum atomic E-state index is -1.21. The van der Waals surface area contributed by atoms with Crippen molar-refractivity contribution in [3.05, 3.63) is 108 Å². The largest absolute Gasteiger partial charge is 0.460 e. The number of nitrogens with zero attached hydrogens (tertiary/aromatic N) is 1. The zero-order chi connectivity index (χ0) is 44.5. The van der Waals surface area contributed by atoms with Crippen molar-refractivity contribution < 1.29 is 38.2 Å². The number of amides is 3. The number of hydrogen-bond donors (Lipinski definition) is 4. The predicted molar refractivity (Wildman–Crippen MR) is 234 cm³/mol. The van der Waals surface area contributed by atoms with Gasteiger partial charge >= 0.3 is 18.2 Å². The summed E-state index contributed by atoms with van der Waals surface area (Å²) in [5.41, 5.74) is 11.4. The third kappa shape index (κ3) is 15.6. The van der Waals surface area contributed by atoms with Crippen LogP contribution in [0.2, 0.25) is 0 Å². The van der Waals surface area contributed by atoms with Crippen LogP contribution in [0.4, 0.5) is 9.59 Å². The van der Waals surface area contributed by atoms with E-state index in [2.05, 4.69) is 16.1 Å². The highest BCUT2D eigenvalue weighted by Gasteiger charge is 2.44. The summed E-state index contributed by atoms with van der Waals surface area (Å²) in [5.74, 6) is -3.29. The van der Waals surface area contributed by atoms with Crippen molar-refractivity contribution in [2.75, 3.05) is 13.1 Å². The summed E-state index contributed by atoms with van der Waals surface area (Å²) in [6.07, 6.45) is 2.27. The second kappa shape index (κ2) is 23.7. The molecule has 1 fully saturated rings. The van der Waals surface area contributed by atoms with Gasteiger partial charge in [-0.1, -0.05) is 138 Å². The molecule has 13 nitrogen and oxygen atoms in total. The Morgan fingerprint density at radius 1 is 0.705 bits per heavy atom. The molecule has 4 rings (SSSR count). The first-order chi connectivity index (χ1) is 29.0. The second-order valence-corrected chi connectivity index (χ2v) is 17.8. The fraction of sp³-hybridized carbons (Fsp3) is 0.521. The Morgan fingerprint density at radius 3 is 1.66 bits per heavy atom. The Bertz CT molecular complexity index is 1830. The maximum Gasteiger partial charge on any atom is 0.408 e. The van der Waals surface area contributed by atoms with Crippen molar-refractivity contribution in [2.24, 2.45) is 34.8 Å². The molecule has 1 aliphatic carbocycles. The van der Waals surface area contributed by atoms with Gasteiger partial charge in [0.15, 0.2) is 5.78 Å². The van der Waals surface area contributed by atoms with Crippen LogP contribution in [0.1, 0.15) is 103 Å². The number of ketones is 1. The van der Waals surface area contributed by atoms with Crippen molar-refractivity contribution in [1.29, 1.82) is 0 Å². The fourth-order valence-corrected chi connectivity index (χ4v) is 7.39. The lowest BCUT2D eigenvalue weighted by Crippen LogP contribution is -2.59. The molecule has 0 heterocycles. The van der Waals surface area contributed by atoms with Gasteiger partial charge in [-0.05, 0) is 68.1 Å². The summed E-state index contributed by atoms with van der Waals surface area (Å²) in [4.78, 5) is 69.7. The third-order valence-electron chi connectivity index (χ3n) is 10.9. The molecule has 3 aromatic carbocycles. The molecule has 3 amide bonds. The number of Topliss-reactive ketones (excluding diaryl/α,β-unsaturated/α-hetero) is 1. The molecular weight excluding hydrogens is 775 g/mol. The molecule has 332 valence electrons. The number of nitrogens with one attached hydrogen (secondary N) is 3. The number of carbonyl (C=O) groups is 5. The number of esters is 1. The van der Waals surface area contributed by atoms with Crippen molar-refractivity contribution in [2.45, 2.75) is 118 Å². The zero-order valence-corrected chi connectivity index (χ0v) is 36.9. The average Bonchev–Trinajstić information content (AvgIpc) is 3.23. The van der Waals surface area contributed by atoms with Crippen molar-refractivity contribution in [1.82, 2.24) is 21.1 Å². The number of alkyl carbamates (subject to hydrolysis) is 2. The lowest BCUT2D eigenvalue weighted by atomic mass is 9.80. The van der Waals surface area contributed by atoms with Crippen LogP contribution in [0, 0.1) is 29.1 Å². The molecule has 0 saturated heterocycles. The summed E-state index contributed by atoms with van der Waals surface area (Å²) >= 11 is 0. The molecule has 13 heteroatoms. The number of hydrogen-bond acceptors (Lipinski definition) is 10. The van der Waals surface area contributed by atoms with Gasteiger partial charge in [0.1, 0.15) is 25.4 Å². The quantitative estimate of drug-likeness (QED) is 0.0502. The molecule has 0 aromatic heterocycles. The van der Waals surface area contributed by atoms with Crippen LogP contribution in [0.25, 0.3) is 0 Å². The van der Waals surface area contributed by atoms with E-state index in [1.807, 2.05) is 92.7 Å². The Morgan fingerprint density at radius 2 is 1.18 bits per heavy atom. The van der Waals surface area contributed by atoms with Gasteiger partial charge in [0.25, 0.3) is 5.91 Å². The number of nitrogens with two attached hydrogens (primary N) is 1. The smallest absolute Gasteiger partial charge is 0.408 e. The number of ether oxygens (including phenoxy) is 3. The van der Waals surface area contributed by atoms with Crippen LogP contribution in [-0.2, 0) is 41.8 Å². The minimum absolute atomic E-state index is 0.00272. The van der Waals surface area contributed by atoms with E-state index in [-0.39, 0.29) is 31.6 Å². The standard InChI is InChI=1S/C48H67N5O8/c1-32(2)41(50-46(57)59-30-35-22-14-9-15-23-35)43(54)39(40(49)37-26-18-11-19-27-37)38(61-45(56)48(5,6)7)29-53(28-34-20-12-8-13-21-34)52-44(55)42(33(3)4)51-47(58)60-31-36-24-16-10-17-25-36/h9-11,14-19,22-27,32-34,38-42H,8,12-13,20-21,28-31,49H2,1-7H3,(H,50,57)(H,51,58)(H,52,55)/t38-,39-,40?,41+,42+/m1/s1. The van der Waals surface area contributed by atoms with Crippen LogP contribution in [0.5, 0.6) is 0 Å². The molecule has 5 N–H and O–H groups in total. The predicted octanol–water partition coefficient (Wildman–Crippen LogP) is 7.65. The van der Waals surface area contributed by atoms with E-state index < -0.39 is 71.3 Å². The topological polar surface area (TPSA) is 178 Å². The van der Waals surface area contributed by atoms with Crippen LogP contribution >= 0.6 is 0 Å². The van der Waals surface area contributed by atoms with Crippen LogP contribution < -0.4 is 21.8 Å². The highest BCUT2D eigenvalue weighted by atomic mass is 16.6. The van der Waals surface area contributed by atoms with Gasteiger partial charge in [-0.25, -0.2) is 14.6 Å². The molecule has 0 aliphatic heterocycles. The van der Waals surface area contributed by atoms with Gasteiger partial charge in [-0.15, -0.1) is 0 Å². The number of rotatable bonds is 20. The normalized spacial score (nSPS) is 15.9. The van der Waals surface area contributed by atoms with Gasteiger partial charge in [-0.3, -0.25) is 19.8 Å². The summed E-state index contributed by atoms with van der Waals surface area (Å²) in [7, 11) is 0. The molecule has 0 radical (unpaired) electrons. The Kier molecular flexibility index (Phi) is 18.8. The molecule has 3 aromatic rings. The number of benzene rings is 3. The van der Waals surface area contributed by atoms with Gasteiger partial charge in [0.2, 0.25) is 0 Å². The molecule has 1 saturated carbocycles. The zero-order valence-electron chi connectivity index (χ0n) is 36.9. The third-order valence-corrected chi connectivity index (χ3v) is 10.9. The number of carbonyl (C=O) groups excluding carboxylic acids is 5. The first kappa shape index (κ1) is 48.4. The first-order valence-corrected chi connectivity index (χ1v) is 21.6. The van der Waals surface area contributed by atoms with E-state index in [1.165, 1.54) is 0 Å². The highest BCUT2D eigenvalue weighted by molar-refractivity contribution is 5.91. The monoisotopic (exact) mass is 841 g/mol. The number of hydrazine groups is 1. The van der Waals surface area contributed by atoms with E-state index in [0.29, 0.717) is 12.1 Å². The van der Waals surface area contributed by atoms with Crippen LogP contribution in [0.3, 0.4) is 0 Å². The van der Waals surface area contributed by atoms with Gasteiger partial charge in [-0.2, -0.15) is 0 Å². The van der Waals surface area contributed by atoms with Crippen LogP contribution in [0.15, 0.2) is 91.0 Å². The minimum Gasteiger partial charge on any atom is -0.460 e.